The number of nitrogens with zero attached hydrogens (tertiary/aromatic N) is 1. The molecule has 42 heavy (non-hydrogen) atoms. The molecule has 1 heterocycles. The average Bonchev–Trinajstić information content (AvgIpc) is 3.43. The van der Waals surface area contributed by atoms with Gasteiger partial charge in [0.1, 0.15) is 0 Å². The second-order valence-corrected chi connectivity index (χ2v) is 11.7. The number of hydrogen-bond donors (Lipinski definition) is 0. The normalized spacial score (nSPS) is 11.3. The number of rotatable bonds is 5. The maximum absolute atomic E-state index is 2.36. The zero-order chi connectivity index (χ0) is 27.9. The minimum absolute atomic E-state index is 1.14. The SMILES string of the molecule is c1ccc(-c2cccc(N(c3ccccc3)c3ccc4c(c3)sc3cc(-c5ccc6ccccc6c5)ccc34)c2)cc1. The topological polar surface area (TPSA) is 3.24 Å². The molecule has 8 rings (SSSR count). The summed E-state index contributed by atoms with van der Waals surface area (Å²) in [6.07, 6.45) is 0. The van der Waals surface area contributed by atoms with Gasteiger partial charge in [-0.15, -0.1) is 11.3 Å². The summed E-state index contributed by atoms with van der Waals surface area (Å²) in [5.41, 5.74) is 8.36. The van der Waals surface area contributed by atoms with Crippen molar-refractivity contribution in [3.63, 3.8) is 0 Å². The van der Waals surface area contributed by atoms with Crippen molar-refractivity contribution in [1.29, 1.82) is 0 Å². The third-order valence-electron chi connectivity index (χ3n) is 8.02. The fourth-order valence-corrected chi connectivity index (χ4v) is 7.11. The molecule has 0 saturated heterocycles. The van der Waals surface area contributed by atoms with Crippen molar-refractivity contribution in [2.24, 2.45) is 0 Å². The quantitative estimate of drug-likeness (QED) is 0.205. The predicted octanol–water partition coefficient (Wildman–Crippen LogP) is 12.0. The third kappa shape index (κ3) is 4.43. The van der Waals surface area contributed by atoms with Gasteiger partial charge in [0.25, 0.3) is 0 Å². The van der Waals surface area contributed by atoms with E-state index in [4.69, 9.17) is 0 Å². The molecule has 8 aromatic rings. The van der Waals surface area contributed by atoms with E-state index in [1.54, 1.807) is 0 Å². The molecule has 0 unspecified atom stereocenters. The molecule has 0 aliphatic heterocycles. The molecule has 0 aliphatic rings. The first-order valence-corrected chi connectivity index (χ1v) is 15.1. The van der Waals surface area contributed by atoms with Crippen LogP contribution >= 0.6 is 11.3 Å². The van der Waals surface area contributed by atoms with E-state index in [-0.39, 0.29) is 0 Å². The van der Waals surface area contributed by atoms with Gasteiger partial charge < -0.3 is 4.90 Å². The van der Waals surface area contributed by atoms with E-state index in [2.05, 4.69) is 169 Å². The molecule has 0 aliphatic carbocycles. The van der Waals surface area contributed by atoms with Crippen LogP contribution in [0.3, 0.4) is 0 Å². The molecule has 1 aromatic heterocycles. The second kappa shape index (κ2) is 10.3. The molecule has 0 saturated carbocycles. The lowest BCUT2D eigenvalue weighted by molar-refractivity contribution is 1.29. The Bertz CT molecular complexity index is 2200. The first-order chi connectivity index (χ1) is 20.8. The lowest BCUT2D eigenvalue weighted by Crippen LogP contribution is -2.09. The molecule has 2 heteroatoms. The van der Waals surface area contributed by atoms with Crippen LogP contribution in [0.5, 0.6) is 0 Å². The Hall–Kier alpha value is -5.18. The van der Waals surface area contributed by atoms with E-state index in [0.29, 0.717) is 0 Å². The highest BCUT2D eigenvalue weighted by atomic mass is 32.1. The largest absolute Gasteiger partial charge is 0.310 e. The van der Waals surface area contributed by atoms with Gasteiger partial charge in [0.05, 0.1) is 0 Å². The van der Waals surface area contributed by atoms with Gasteiger partial charge in [-0.3, -0.25) is 0 Å². The van der Waals surface area contributed by atoms with Crippen molar-refractivity contribution >= 4 is 59.3 Å². The van der Waals surface area contributed by atoms with Crippen LogP contribution in [0.1, 0.15) is 0 Å². The number of hydrogen-bond acceptors (Lipinski definition) is 2. The molecule has 0 atom stereocenters. The third-order valence-corrected chi connectivity index (χ3v) is 9.14. The molecule has 0 fully saturated rings. The predicted molar refractivity (Wildman–Crippen MR) is 182 cm³/mol. The maximum Gasteiger partial charge on any atom is 0.0476 e. The smallest absolute Gasteiger partial charge is 0.0476 e. The van der Waals surface area contributed by atoms with E-state index in [0.717, 1.165) is 17.1 Å². The standard InChI is InChI=1S/C40H27NS/c1-3-10-28(11-4-1)31-14-9-17-35(25-31)41(34-15-5-2-6-16-34)36-21-23-38-37-22-20-33(26-39(37)42-40(38)27-36)32-19-18-29-12-7-8-13-30(29)24-32/h1-27H. The zero-order valence-corrected chi connectivity index (χ0v) is 23.8. The van der Waals surface area contributed by atoms with Gasteiger partial charge in [0.2, 0.25) is 0 Å². The molecule has 1 nitrogen and oxygen atoms in total. The highest BCUT2D eigenvalue weighted by molar-refractivity contribution is 7.25. The Balaban J connectivity index is 1.23. The van der Waals surface area contributed by atoms with Crippen LogP contribution in [-0.2, 0) is 0 Å². The van der Waals surface area contributed by atoms with E-state index in [1.807, 2.05) is 11.3 Å². The van der Waals surface area contributed by atoms with Gasteiger partial charge in [-0.25, -0.2) is 0 Å². The minimum atomic E-state index is 1.14. The van der Waals surface area contributed by atoms with Crippen LogP contribution in [0.25, 0.3) is 53.2 Å². The van der Waals surface area contributed by atoms with Crippen molar-refractivity contribution in [2.45, 2.75) is 0 Å². The van der Waals surface area contributed by atoms with Gasteiger partial charge in [-0.2, -0.15) is 0 Å². The van der Waals surface area contributed by atoms with Crippen molar-refractivity contribution in [1.82, 2.24) is 0 Å². The minimum Gasteiger partial charge on any atom is -0.310 e. The van der Waals surface area contributed by atoms with Crippen molar-refractivity contribution < 1.29 is 0 Å². The van der Waals surface area contributed by atoms with Crippen LogP contribution < -0.4 is 4.90 Å². The molecular formula is C40H27NS. The number of fused-ring (bicyclic) bond motifs is 4. The molecule has 0 N–H and O–H groups in total. The molecule has 0 radical (unpaired) electrons. The van der Waals surface area contributed by atoms with Crippen LogP contribution in [0, 0.1) is 0 Å². The van der Waals surface area contributed by atoms with E-state index in [1.165, 1.54) is 53.2 Å². The van der Waals surface area contributed by atoms with E-state index >= 15 is 0 Å². The fraction of sp³-hybridized carbons (Fsp3) is 0. The Morgan fingerprint density at radius 1 is 0.333 bits per heavy atom. The molecule has 198 valence electrons. The van der Waals surface area contributed by atoms with Crippen LogP contribution in [0.4, 0.5) is 17.1 Å². The highest BCUT2D eigenvalue weighted by Gasteiger charge is 2.15. The summed E-state index contributed by atoms with van der Waals surface area (Å²) < 4.78 is 2.60. The van der Waals surface area contributed by atoms with Gasteiger partial charge in [0.15, 0.2) is 0 Å². The van der Waals surface area contributed by atoms with Gasteiger partial charge >= 0.3 is 0 Å². The fourth-order valence-electron chi connectivity index (χ4n) is 5.93. The summed E-state index contributed by atoms with van der Waals surface area (Å²) in [6.45, 7) is 0. The zero-order valence-electron chi connectivity index (χ0n) is 22.9. The number of benzene rings is 7. The molecule has 0 bridgehead atoms. The summed E-state index contributed by atoms with van der Waals surface area (Å²) >= 11 is 1.87. The highest BCUT2D eigenvalue weighted by Crippen LogP contribution is 2.42. The van der Waals surface area contributed by atoms with Crippen LogP contribution in [0.15, 0.2) is 164 Å². The van der Waals surface area contributed by atoms with Gasteiger partial charge in [-0.05, 0) is 81.6 Å². The lowest BCUT2D eigenvalue weighted by atomic mass is 10.00. The number of para-hydroxylation sites is 1. The summed E-state index contributed by atoms with van der Waals surface area (Å²) in [4.78, 5) is 2.36. The average molecular weight is 554 g/mol. The molecule has 7 aromatic carbocycles. The summed E-state index contributed by atoms with van der Waals surface area (Å²) in [6, 6.07) is 59.2. The van der Waals surface area contributed by atoms with E-state index in [9.17, 15) is 0 Å². The van der Waals surface area contributed by atoms with Crippen molar-refractivity contribution in [3.05, 3.63) is 164 Å². The Kier molecular flexibility index (Phi) is 6.05. The summed E-state index contributed by atoms with van der Waals surface area (Å²) in [5.74, 6) is 0. The molecule has 0 amide bonds. The number of thiophene rings is 1. The summed E-state index contributed by atoms with van der Waals surface area (Å²) in [5, 5.41) is 5.15. The Morgan fingerprint density at radius 2 is 0.905 bits per heavy atom. The monoisotopic (exact) mass is 553 g/mol. The van der Waals surface area contributed by atoms with Crippen LogP contribution in [-0.4, -0.2) is 0 Å². The van der Waals surface area contributed by atoms with Crippen molar-refractivity contribution in [3.8, 4) is 22.3 Å². The summed E-state index contributed by atoms with van der Waals surface area (Å²) in [7, 11) is 0. The first-order valence-electron chi connectivity index (χ1n) is 14.3. The second-order valence-electron chi connectivity index (χ2n) is 10.6. The van der Waals surface area contributed by atoms with Crippen LogP contribution in [0.2, 0.25) is 0 Å². The molecule has 0 spiro atoms. The van der Waals surface area contributed by atoms with E-state index < -0.39 is 0 Å². The van der Waals surface area contributed by atoms with Crippen molar-refractivity contribution in [2.75, 3.05) is 4.90 Å². The van der Waals surface area contributed by atoms with Gasteiger partial charge in [0, 0.05) is 37.2 Å². The Labute approximate surface area is 249 Å². The van der Waals surface area contributed by atoms with Gasteiger partial charge in [-0.1, -0.05) is 115 Å². The molecular weight excluding hydrogens is 527 g/mol. The Morgan fingerprint density at radius 3 is 1.74 bits per heavy atom. The lowest BCUT2D eigenvalue weighted by Gasteiger charge is -2.26. The first kappa shape index (κ1) is 24.6. The maximum atomic E-state index is 2.36. The number of anilines is 3.